The van der Waals surface area contributed by atoms with E-state index in [1.807, 2.05) is 12.1 Å². The highest BCUT2D eigenvalue weighted by Crippen LogP contribution is 2.26. The van der Waals surface area contributed by atoms with Crippen molar-refractivity contribution >= 4 is 24.2 Å². The monoisotopic (exact) mass is 382 g/mol. The van der Waals surface area contributed by atoms with Gasteiger partial charge >= 0.3 is 0 Å². The van der Waals surface area contributed by atoms with E-state index in [0.717, 1.165) is 16.9 Å². The molecule has 0 spiro atoms. The lowest BCUT2D eigenvalue weighted by Gasteiger charge is -2.07. The molecule has 0 atom stereocenters. The molecule has 0 bridgehead atoms. The van der Waals surface area contributed by atoms with Crippen molar-refractivity contribution in [2.24, 2.45) is 15.9 Å². The first-order chi connectivity index (χ1) is 13.5. The molecular weight excluding hydrogens is 360 g/mol. The Kier molecular flexibility index (Phi) is 7.59. The number of nitrogens with zero attached hydrogens (tertiary/aromatic N) is 2. The molecule has 2 aromatic rings. The molecule has 0 aliphatic carbocycles. The van der Waals surface area contributed by atoms with Crippen LogP contribution in [-0.4, -0.2) is 39.4 Å². The molecule has 2 aromatic carbocycles. The third-order valence-corrected chi connectivity index (χ3v) is 3.57. The van der Waals surface area contributed by atoms with Crippen LogP contribution in [0.15, 0.2) is 58.7 Å². The second-order valence-electron chi connectivity index (χ2n) is 5.44. The summed E-state index contributed by atoms with van der Waals surface area (Å²) in [6.45, 7) is 0. The van der Waals surface area contributed by atoms with Gasteiger partial charge in [0.15, 0.2) is 11.5 Å². The number of carbonyl (C=O) groups is 1. The SMILES string of the molecule is COc1ccc(/C=C/C(=O)N/C(N)=N/N=C\c2ccc(OC)c(OC)c2)cc1. The van der Waals surface area contributed by atoms with E-state index in [4.69, 9.17) is 19.9 Å². The van der Waals surface area contributed by atoms with Crippen LogP contribution >= 0.6 is 0 Å². The third-order valence-electron chi connectivity index (χ3n) is 3.57. The molecule has 0 heterocycles. The van der Waals surface area contributed by atoms with Crippen LogP contribution < -0.4 is 25.3 Å². The minimum atomic E-state index is -0.418. The molecule has 0 aromatic heterocycles. The van der Waals surface area contributed by atoms with Gasteiger partial charge in [0.1, 0.15) is 5.75 Å². The van der Waals surface area contributed by atoms with E-state index in [-0.39, 0.29) is 5.96 Å². The van der Waals surface area contributed by atoms with Crippen LogP contribution in [0.25, 0.3) is 6.08 Å². The van der Waals surface area contributed by atoms with Crippen LogP contribution in [0.3, 0.4) is 0 Å². The van der Waals surface area contributed by atoms with Gasteiger partial charge in [0.05, 0.1) is 27.5 Å². The average Bonchev–Trinajstić information content (AvgIpc) is 2.72. The van der Waals surface area contributed by atoms with Gasteiger partial charge in [0.25, 0.3) is 5.91 Å². The number of guanidine groups is 1. The fourth-order valence-electron chi connectivity index (χ4n) is 2.17. The highest BCUT2D eigenvalue weighted by molar-refractivity contribution is 6.03. The normalized spacial score (nSPS) is 11.6. The number of ether oxygens (including phenoxy) is 3. The molecule has 8 nitrogen and oxygen atoms in total. The molecule has 0 saturated heterocycles. The summed E-state index contributed by atoms with van der Waals surface area (Å²) in [4.78, 5) is 11.9. The molecular formula is C20H22N4O4. The first kappa shape index (κ1) is 20.5. The van der Waals surface area contributed by atoms with Crippen molar-refractivity contribution < 1.29 is 19.0 Å². The summed E-state index contributed by atoms with van der Waals surface area (Å²) >= 11 is 0. The molecule has 2 rings (SSSR count). The zero-order chi connectivity index (χ0) is 20.4. The van der Waals surface area contributed by atoms with Gasteiger partial charge in [-0.3, -0.25) is 10.1 Å². The number of hydrogen-bond acceptors (Lipinski definition) is 6. The lowest BCUT2D eigenvalue weighted by molar-refractivity contribution is -0.115. The van der Waals surface area contributed by atoms with Crippen LogP contribution in [-0.2, 0) is 4.79 Å². The number of nitrogens with one attached hydrogen (secondary N) is 1. The summed E-state index contributed by atoms with van der Waals surface area (Å²) in [7, 11) is 4.69. The number of nitrogens with two attached hydrogens (primary N) is 1. The Morgan fingerprint density at radius 1 is 0.964 bits per heavy atom. The minimum absolute atomic E-state index is 0.124. The van der Waals surface area contributed by atoms with Crippen molar-refractivity contribution in [2.45, 2.75) is 0 Å². The quantitative estimate of drug-likeness (QED) is 0.330. The molecule has 0 radical (unpaired) electrons. The van der Waals surface area contributed by atoms with Gasteiger partial charge in [0, 0.05) is 6.08 Å². The van der Waals surface area contributed by atoms with Crippen molar-refractivity contribution in [3.63, 3.8) is 0 Å². The molecule has 28 heavy (non-hydrogen) atoms. The second-order valence-corrected chi connectivity index (χ2v) is 5.44. The van der Waals surface area contributed by atoms with Gasteiger partial charge < -0.3 is 19.9 Å². The summed E-state index contributed by atoms with van der Waals surface area (Å²) in [5, 5.41) is 10.0. The molecule has 8 heteroatoms. The minimum Gasteiger partial charge on any atom is -0.497 e. The fraction of sp³-hybridized carbons (Fsp3) is 0.150. The Balaban J connectivity index is 1.93. The standard InChI is InChI=1S/C20H22N4O4/c1-26-16-8-4-14(5-9-16)7-11-19(25)23-20(21)24-22-13-15-6-10-17(27-2)18(12-15)28-3/h4-13H,1-3H3,(H3,21,23,24,25)/b11-7+,22-13-. The fourth-order valence-corrected chi connectivity index (χ4v) is 2.17. The molecule has 0 fully saturated rings. The van der Waals surface area contributed by atoms with E-state index in [1.165, 1.54) is 12.3 Å². The zero-order valence-electron chi connectivity index (χ0n) is 15.9. The lowest BCUT2D eigenvalue weighted by atomic mass is 10.2. The predicted molar refractivity (Wildman–Crippen MR) is 109 cm³/mol. The topological polar surface area (TPSA) is 108 Å². The molecule has 0 unspecified atom stereocenters. The maximum absolute atomic E-state index is 11.9. The van der Waals surface area contributed by atoms with E-state index < -0.39 is 5.91 Å². The summed E-state index contributed by atoms with van der Waals surface area (Å²) < 4.78 is 15.5. The second kappa shape index (κ2) is 10.4. The largest absolute Gasteiger partial charge is 0.497 e. The molecule has 3 N–H and O–H groups in total. The Morgan fingerprint density at radius 3 is 2.29 bits per heavy atom. The number of benzene rings is 2. The van der Waals surface area contributed by atoms with Crippen molar-refractivity contribution in [1.29, 1.82) is 0 Å². The Labute approximate surface area is 163 Å². The van der Waals surface area contributed by atoms with Crippen LogP contribution in [0.4, 0.5) is 0 Å². The maximum atomic E-state index is 11.9. The number of hydrogen-bond donors (Lipinski definition) is 2. The van der Waals surface area contributed by atoms with E-state index in [9.17, 15) is 4.79 Å². The summed E-state index contributed by atoms with van der Waals surface area (Å²) in [5.41, 5.74) is 7.24. The van der Waals surface area contributed by atoms with Gasteiger partial charge in [-0.2, -0.15) is 5.10 Å². The Morgan fingerprint density at radius 2 is 1.64 bits per heavy atom. The van der Waals surface area contributed by atoms with E-state index in [0.29, 0.717) is 11.5 Å². The first-order valence-electron chi connectivity index (χ1n) is 8.27. The Hall–Kier alpha value is -3.81. The Bertz CT molecular complexity index is 890. The average molecular weight is 382 g/mol. The molecule has 0 saturated carbocycles. The van der Waals surface area contributed by atoms with Crippen LogP contribution in [0.2, 0.25) is 0 Å². The summed E-state index contributed by atoms with van der Waals surface area (Å²) in [5.74, 6) is 1.38. The number of amides is 1. The molecule has 1 amide bonds. The number of rotatable bonds is 7. The van der Waals surface area contributed by atoms with E-state index in [2.05, 4.69) is 15.5 Å². The molecule has 146 valence electrons. The smallest absolute Gasteiger partial charge is 0.250 e. The van der Waals surface area contributed by atoms with Crippen LogP contribution in [0.1, 0.15) is 11.1 Å². The van der Waals surface area contributed by atoms with Crippen LogP contribution in [0, 0.1) is 0 Å². The predicted octanol–water partition coefficient (Wildman–Crippen LogP) is 2.19. The van der Waals surface area contributed by atoms with Gasteiger partial charge in [-0.05, 0) is 47.5 Å². The van der Waals surface area contributed by atoms with Gasteiger partial charge in [-0.1, -0.05) is 12.1 Å². The van der Waals surface area contributed by atoms with Crippen molar-refractivity contribution in [1.82, 2.24) is 5.32 Å². The highest BCUT2D eigenvalue weighted by Gasteiger charge is 2.03. The van der Waals surface area contributed by atoms with Gasteiger partial charge in [-0.15, -0.1) is 5.10 Å². The third kappa shape index (κ3) is 6.17. The van der Waals surface area contributed by atoms with Gasteiger partial charge in [-0.25, -0.2) is 0 Å². The van der Waals surface area contributed by atoms with E-state index >= 15 is 0 Å². The summed E-state index contributed by atoms with van der Waals surface area (Å²) in [6.07, 6.45) is 4.48. The van der Waals surface area contributed by atoms with Crippen molar-refractivity contribution in [3.05, 3.63) is 59.7 Å². The zero-order valence-corrected chi connectivity index (χ0v) is 15.9. The number of carbonyl (C=O) groups excluding carboxylic acids is 1. The summed E-state index contributed by atoms with van der Waals surface area (Å²) in [6, 6.07) is 12.5. The van der Waals surface area contributed by atoms with E-state index in [1.54, 1.807) is 57.7 Å². The van der Waals surface area contributed by atoms with Gasteiger partial charge in [0.2, 0.25) is 5.96 Å². The lowest BCUT2D eigenvalue weighted by Crippen LogP contribution is -2.35. The number of methoxy groups -OCH3 is 3. The van der Waals surface area contributed by atoms with Crippen molar-refractivity contribution in [3.8, 4) is 17.2 Å². The highest BCUT2D eigenvalue weighted by atomic mass is 16.5. The molecule has 0 aliphatic rings. The molecule has 0 aliphatic heterocycles. The van der Waals surface area contributed by atoms with Crippen LogP contribution in [0.5, 0.6) is 17.2 Å². The van der Waals surface area contributed by atoms with Crippen molar-refractivity contribution in [2.75, 3.05) is 21.3 Å². The first-order valence-corrected chi connectivity index (χ1v) is 8.27. The maximum Gasteiger partial charge on any atom is 0.250 e.